The van der Waals surface area contributed by atoms with Gasteiger partial charge in [-0.25, -0.2) is 0 Å². The zero-order chi connectivity index (χ0) is 22.4. The van der Waals surface area contributed by atoms with Crippen molar-refractivity contribution in [2.75, 3.05) is 25.0 Å². The van der Waals surface area contributed by atoms with Gasteiger partial charge in [0.05, 0.1) is 17.3 Å². The molecule has 5 heterocycles. The number of benzene rings is 1. The van der Waals surface area contributed by atoms with Gasteiger partial charge in [-0.15, -0.1) is 0 Å². The number of pyridine rings is 1. The number of rotatable bonds is 3. The van der Waals surface area contributed by atoms with E-state index < -0.39 is 0 Å². The number of nitrogens with one attached hydrogen (secondary N) is 2. The highest BCUT2D eigenvalue weighted by Crippen LogP contribution is 2.35. The third-order valence-electron chi connectivity index (χ3n) is 7.80. The van der Waals surface area contributed by atoms with E-state index in [0.29, 0.717) is 18.5 Å². The summed E-state index contributed by atoms with van der Waals surface area (Å²) in [6.07, 6.45) is 9.83. The second kappa shape index (κ2) is 8.44. The quantitative estimate of drug-likeness (QED) is 0.762. The Morgan fingerprint density at radius 3 is 3.00 bits per heavy atom. The van der Waals surface area contributed by atoms with Crippen LogP contribution in [0, 0.1) is 11.3 Å². The Labute approximate surface area is 193 Å². The minimum absolute atomic E-state index is 0.0532. The number of H-pyrrole nitrogens is 1. The van der Waals surface area contributed by atoms with Gasteiger partial charge in [0, 0.05) is 73.8 Å². The van der Waals surface area contributed by atoms with Crippen molar-refractivity contribution in [1.29, 1.82) is 5.26 Å². The van der Waals surface area contributed by atoms with Crippen molar-refractivity contribution in [1.82, 2.24) is 14.8 Å². The van der Waals surface area contributed by atoms with Crippen LogP contribution in [0.15, 0.2) is 39.6 Å². The summed E-state index contributed by atoms with van der Waals surface area (Å²) in [6.45, 7) is 3.92. The number of anilines is 1. The Balaban J connectivity index is 1.17. The van der Waals surface area contributed by atoms with E-state index in [2.05, 4.69) is 50.4 Å². The monoisotopic (exact) mass is 442 g/mol. The number of piperazine rings is 1. The van der Waals surface area contributed by atoms with Crippen molar-refractivity contribution in [3.8, 4) is 6.07 Å². The standard InChI is InChI=1S/C26H30N6O/c27-13-17-5-7-24(28-10-8-17)32-16-19-12-20(32)15-31(19)14-18-4-6-21-23(11-18)30-26(33)22-3-1-2-9-29-25(21)22/h4-6,10-11,19-20,24,29H,1-3,7-9,12,14-16H2,(H,30,33)/t19-,20-,24?/m0/s1. The molecule has 1 unspecified atom stereocenters. The maximum absolute atomic E-state index is 12.7. The fraction of sp³-hybridized carbons (Fsp3) is 0.500. The van der Waals surface area contributed by atoms with E-state index in [4.69, 9.17) is 4.99 Å². The van der Waals surface area contributed by atoms with Crippen LogP contribution in [0.1, 0.15) is 43.2 Å². The molecule has 170 valence electrons. The molecule has 4 aliphatic rings. The lowest BCUT2D eigenvalue weighted by Gasteiger charge is -2.37. The average Bonchev–Trinajstić information content (AvgIpc) is 3.19. The summed E-state index contributed by atoms with van der Waals surface area (Å²) in [5, 5.41) is 13.8. The predicted molar refractivity (Wildman–Crippen MR) is 131 cm³/mol. The van der Waals surface area contributed by atoms with Crippen molar-refractivity contribution in [2.45, 2.75) is 63.3 Å². The molecular formula is C26H30N6O. The van der Waals surface area contributed by atoms with Crippen LogP contribution in [-0.2, 0) is 13.0 Å². The van der Waals surface area contributed by atoms with E-state index >= 15 is 0 Å². The third kappa shape index (κ3) is 3.77. The first-order chi connectivity index (χ1) is 16.2. The van der Waals surface area contributed by atoms with Gasteiger partial charge in [-0.3, -0.25) is 19.6 Å². The lowest BCUT2D eigenvalue weighted by Crippen LogP contribution is -2.49. The summed E-state index contributed by atoms with van der Waals surface area (Å²) >= 11 is 0. The first-order valence-corrected chi connectivity index (χ1v) is 12.2. The van der Waals surface area contributed by atoms with Crippen LogP contribution < -0.4 is 10.9 Å². The average molecular weight is 443 g/mol. The summed E-state index contributed by atoms with van der Waals surface area (Å²) < 4.78 is 0. The largest absolute Gasteiger partial charge is 0.384 e. The molecule has 1 aromatic carbocycles. The smallest absolute Gasteiger partial charge is 0.253 e. The van der Waals surface area contributed by atoms with E-state index in [0.717, 1.165) is 79.6 Å². The molecule has 0 amide bonds. The zero-order valence-corrected chi connectivity index (χ0v) is 18.9. The molecule has 3 atom stereocenters. The van der Waals surface area contributed by atoms with Crippen LogP contribution in [0.5, 0.6) is 0 Å². The number of hydrogen-bond donors (Lipinski definition) is 2. The highest BCUT2D eigenvalue weighted by atomic mass is 16.1. The van der Waals surface area contributed by atoms with Crippen LogP contribution in [0.2, 0.25) is 0 Å². The van der Waals surface area contributed by atoms with Crippen LogP contribution in [0.4, 0.5) is 5.69 Å². The summed E-state index contributed by atoms with van der Waals surface area (Å²) in [5.74, 6) is 0. The van der Waals surface area contributed by atoms with E-state index in [1.807, 2.05) is 6.21 Å². The van der Waals surface area contributed by atoms with Gasteiger partial charge in [-0.05, 0) is 37.3 Å². The van der Waals surface area contributed by atoms with Gasteiger partial charge < -0.3 is 10.3 Å². The number of nitriles is 1. The van der Waals surface area contributed by atoms with Crippen LogP contribution in [0.3, 0.4) is 0 Å². The molecular weight excluding hydrogens is 412 g/mol. The number of aromatic nitrogens is 1. The molecule has 2 saturated heterocycles. The number of allylic oxidation sites excluding steroid dienone is 1. The molecule has 4 aliphatic heterocycles. The fourth-order valence-corrected chi connectivity index (χ4v) is 6.12. The van der Waals surface area contributed by atoms with E-state index in [1.165, 1.54) is 12.0 Å². The minimum Gasteiger partial charge on any atom is -0.384 e. The first kappa shape index (κ1) is 20.6. The molecule has 2 fully saturated rings. The van der Waals surface area contributed by atoms with Gasteiger partial charge in [0.2, 0.25) is 0 Å². The molecule has 2 aromatic rings. The first-order valence-electron chi connectivity index (χ1n) is 12.2. The minimum atomic E-state index is 0.0532. The van der Waals surface area contributed by atoms with Crippen molar-refractivity contribution in [2.24, 2.45) is 4.99 Å². The van der Waals surface area contributed by atoms with Crippen molar-refractivity contribution in [3.63, 3.8) is 0 Å². The summed E-state index contributed by atoms with van der Waals surface area (Å²) in [6, 6.07) is 9.90. The number of aromatic amines is 1. The van der Waals surface area contributed by atoms with Crippen LogP contribution >= 0.6 is 0 Å². The van der Waals surface area contributed by atoms with Gasteiger partial charge >= 0.3 is 0 Å². The Morgan fingerprint density at radius 2 is 2.15 bits per heavy atom. The lowest BCUT2D eigenvalue weighted by atomic mass is 10.0. The number of nitrogens with zero attached hydrogens (tertiary/aromatic N) is 4. The molecule has 1 aromatic heterocycles. The third-order valence-corrected chi connectivity index (χ3v) is 7.80. The molecule has 0 aliphatic carbocycles. The molecule has 7 heteroatoms. The maximum atomic E-state index is 12.7. The van der Waals surface area contributed by atoms with E-state index in [1.54, 1.807) is 0 Å². The van der Waals surface area contributed by atoms with Gasteiger partial charge in [0.25, 0.3) is 5.56 Å². The summed E-state index contributed by atoms with van der Waals surface area (Å²) in [4.78, 5) is 25.7. The molecule has 2 N–H and O–H groups in total. The molecule has 0 saturated carbocycles. The Morgan fingerprint density at radius 1 is 1.21 bits per heavy atom. The van der Waals surface area contributed by atoms with Gasteiger partial charge in [0.15, 0.2) is 0 Å². The molecule has 6 rings (SSSR count). The number of fused-ring (bicyclic) bond motifs is 5. The van der Waals surface area contributed by atoms with Gasteiger partial charge in [0.1, 0.15) is 6.17 Å². The normalized spacial score (nSPS) is 27.5. The van der Waals surface area contributed by atoms with E-state index in [9.17, 15) is 10.1 Å². The summed E-state index contributed by atoms with van der Waals surface area (Å²) in [7, 11) is 0. The Kier molecular flexibility index (Phi) is 5.28. The Bertz CT molecular complexity index is 1240. The van der Waals surface area contributed by atoms with Gasteiger partial charge in [-0.1, -0.05) is 18.2 Å². The number of hydrogen-bond acceptors (Lipinski definition) is 6. The van der Waals surface area contributed by atoms with Crippen molar-refractivity contribution >= 4 is 22.8 Å². The number of likely N-dealkylation sites (tertiary alicyclic amines) is 2. The second-order valence-electron chi connectivity index (χ2n) is 9.83. The lowest BCUT2D eigenvalue weighted by molar-refractivity contribution is 0.0916. The molecule has 33 heavy (non-hydrogen) atoms. The van der Waals surface area contributed by atoms with Gasteiger partial charge in [-0.2, -0.15) is 5.26 Å². The van der Waals surface area contributed by atoms with E-state index in [-0.39, 0.29) is 11.7 Å². The highest BCUT2D eigenvalue weighted by molar-refractivity contribution is 5.93. The van der Waals surface area contributed by atoms with Crippen LogP contribution in [-0.4, -0.2) is 58.9 Å². The zero-order valence-electron chi connectivity index (χ0n) is 18.9. The second-order valence-corrected chi connectivity index (χ2v) is 9.83. The van der Waals surface area contributed by atoms with Crippen LogP contribution in [0.25, 0.3) is 10.9 Å². The Hall–Kier alpha value is -2.95. The predicted octanol–water partition coefficient (Wildman–Crippen LogP) is 3.18. The molecule has 0 radical (unpaired) electrons. The van der Waals surface area contributed by atoms with Crippen molar-refractivity contribution < 1.29 is 0 Å². The highest BCUT2D eigenvalue weighted by Gasteiger charge is 2.45. The maximum Gasteiger partial charge on any atom is 0.253 e. The SMILES string of the molecule is N#CC1=CCC(N2C[C@@H]3C[C@H]2CN3Cc2ccc3c4c(c(=O)[nH]c3c2)CCCCN4)N=CC1. The molecule has 2 bridgehead atoms. The number of aliphatic imine (C=N–C) groups is 1. The molecule has 0 spiro atoms. The molecule has 7 nitrogen and oxygen atoms in total. The fourth-order valence-electron chi connectivity index (χ4n) is 6.12. The summed E-state index contributed by atoms with van der Waals surface area (Å²) in [5.41, 5.74) is 5.00. The van der Waals surface area contributed by atoms with Crippen molar-refractivity contribution in [3.05, 3.63) is 51.3 Å². The topological polar surface area (TPSA) is 87.5 Å².